The Morgan fingerprint density at radius 2 is 2.04 bits per heavy atom. The summed E-state index contributed by atoms with van der Waals surface area (Å²) in [6, 6.07) is 4.30. The number of nitro groups is 1. The number of nitrogens with zero attached hydrogens (tertiary/aromatic N) is 2. The number of benzene rings is 1. The normalized spacial score (nSPS) is 13.6. The molecule has 1 aromatic carbocycles. The summed E-state index contributed by atoms with van der Waals surface area (Å²) in [7, 11) is 1.15. The Labute approximate surface area is 133 Å². The standard InChI is InChI=1S/C15H18N2O6/c1-15(2,3)23-13(12(16-9-18)14(19)22-4)10-6-5-7-11(8-10)17(20)21/h5-8,12-13H,1-4H3. The van der Waals surface area contributed by atoms with Gasteiger partial charge in [-0.05, 0) is 26.3 Å². The number of carbonyl (C=O) groups excluding carboxylic acids is 2. The van der Waals surface area contributed by atoms with Crippen LogP contribution in [0.4, 0.5) is 5.69 Å². The number of hydrogen-bond acceptors (Lipinski definition) is 7. The topological polar surface area (TPSA) is 108 Å². The summed E-state index contributed by atoms with van der Waals surface area (Å²) in [6.45, 7) is 5.24. The molecule has 0 saturated carbocycles. The zero-order chi connectivity index (χ0) is 17.6. The van der Waals surface area contributed by atoms with Crippen molar-refractivity contribution in [2.75, 3.05) is 7.11 Å². The lowest BCUT2D eigenvalue weighted by Crippen LogP contribution is -2.34. The average molecular weight is 322 g/mol. The van der Waals surface area contributed by atoms with Gasteiger partial charge in [-0.3, -0.25) is 10.1 Å². The van der Waals surface area contributed by atoms with Crippen molar-refractivity contribution in [3.63, 3.8) is 0 Å². The third kappa shape index (κ3) is 5.28. The lowest BCUT2D eigenvalue weighted by molar-refractivity contribution is -0.385. The second kappa shape index (κ2) is 7.62. The molecular formula is C15H18N2O6. The van der Waals surface area contributed by atoms with Crippen LogP contribution in [0.25, 0.3) is 0 Å². The first kappa shape index (κ1) is 18.5. The zero-order valence-electron chi connectivity index (χ0n) is 13.3. The van der Waals surface area contributed by atoms with Gasteiger partial charge in [0.1, 0.15) is 6.10 Å². The van der Waals surface area contributed by atoms with E-state index in [1.807, 2.05) is 0 Å². The first-order valence-electron chi connectivity index (χ1n) is 6.76. The molecule has 0 fully saturated rings. The SMILES string of the molecule is COC(=O)C(N=C=O)C(OC(C)(C)C)c1cccc([N+](=O)[O-])c1. The molecule has 0 amide bonds. The highest BCUT2D eigenvalue weighted by atomic mass is 16.6. The molecule has 0 heterocycles. The van der Waals surface area contributed by atoms with Crippen molar-refractivity contribution in [3.8, 4) is 0 Å². The number of nitro benzene ring substituents is 1. The fraction of sp³-hybridized carbons (Fsp3) is 0.467. The van der Waals surface area contributed by atoms with Gasteiger partial charge < -0.3 is 9.47 Å². The van der Waals surface area contributed by atoms with Gasteiger partial charge in [-0.25, -0.2) is 9.59 Å². The fourth-order valence-corrected chi connectivity index (χ4v) is 1.93. The number of non-ortho nitro benzene ring substituents is 1. The minimum absolute atomic E-state index is 0.163. The number of rotatable bonds is 6. The van der Waals surface area contributed by atoms with Crippen molar-refractivity contribution in [1.29, 1.82) is 0 Å². The van der Waals surface area contributed by atoms with E-state index in [1.165, 1.54) is 24.3 Å². The molecule has 0 aliphatic rings. The monoisotopic (exact) mass is 322 g/mol. The van der Waals surface area contributed by atoms with E-state index in [0.29, 0.717) is 5.56 Å². The van der Waals surface area contributed by atoms with Crippen LogP contribution in [0, 0.1) is 10.1 Å². The number of aliphatic imine (C=N–C) groups is 1. The average Bonchev–Trinajstić information content (AvgIpc) is 2.49. The van der Waals surface area contributed by atoms with E-state index in [4.69, 9.17) is 4.74 Å². The molecular weight excluding hydrogens is 304 g/mol. The van der Waals surface area contributed by atoms with Crippen LogP contribution in [0.2, 0.25) is 0 Å². The molecule has 0 bridgehead atoms. The Balaban J connectivity index is 3.39. The highest BCUT2D eigenvalue weighted by Gasteiger charge is 2.35. The molecule has 0 aliphatic heterocycles. The Bertz CT molecular complexity index is 631. The third-order valence-corrected chi connectivity index (χ3v) is 2.81. The first-order chi connectivity index (χ1) is 10.7. The van der Waals surface area contributed by atoms with E-state index in [-0.39, 0.29) is 5.69 Å². The first-order valence-corrected chi connectivity index (χ1v) is 6.76. The second-order valence-electron chi connectivity index (χ2n) is 5.69. The Morgan fingerprint density at radius 3 is 2.52 bits per heavy atom. The molecule has 8 nitrogen and oxygen atoms in total. The van der Waals surface area contributed by atoms with Gasteiger partial charge in [0, 0.05) is 12.1 Å². The minimum atomic E-state index is -1.31. The lowest BCUT2D eigenvalue weighted by Gasteiger charge is -2.30. The molecule has 0 spiro atoms. The van der Waals surface area contributed by atoms with Crippen molar-refractivity contribution >= 4 is 17.7 Å². The van der Waals surface area contributed by atoms with E-state index >= 15 is 0 Å². The van der Waals surface area contributed by atoms with E-state index in [2.05, 4.69) is 9.73 Å². The van der Waals surface area contributed by atoms with Gasteiger partial charge >= 0.3 is 5.97 Å². The highest BCUT2D eigenvalue weighted by molar-refractivity contribution is 5.78. The smallest absolute Gasteiger partial charge is 0.334 e. The lowest BCUT2D eigenvalue weighted by atomic mass is 10.0. The van der Waals surface area contributed by atoms with Crippen molar-refractivity contribution in [3.05, 3.63) is 39.9 Å². The number of methoxy groups -OCH3 is 1. The van der Waals surface area contributed by atoms with Gasteiger partial charge in [0.2, 0.25) is 6.08 Å². The number of isocyanates is 1. The second-order valence-corrected chi connectivity index (χ2v) is 5.69. The maximum Gasteiger partial charge on any atom is 0.334 e. The molecule has 124 valence electrons. The molecule has 2 unspecified atom stereocenters. The molecule has 0 N–H and O–H groups in total. The van der Waals surface area contributed by atoms with Gasteiger partial charge in [-0.2, -0.15) is 4.99 Å². The van der Waals surface area contributed by atoms with Crippen molar-refractivity contribution < 1.29 is 24.0 Å². The summed E-state index contributed by atoms with van der Waals surface area (Å²) in [4.78, 5) is 36.4. The maximum atomic E-state index is 11.9. The molecule has 1 rings (SSSR count). The molecule has 0 aliphatic carbocycles. The molecule has 8 heteroatoms. The summed E-state index contributed by atoms with van der Waals surface area (Å²) in [6.07, 6.45) is 0.292. The van der Waals surface area contributed by atoms with E-state index in [0.717, 1.165) is 7.11 Å². The number of ether oxygens (including phenoxy) is 2. The fourth-order valence-electron chi connectivity index (χ4n) is 1.93. The predicted octanol–water partition coefficient (Wildman–Crippen LogP) is 2.33. The van der Waals surface area contributed by atoms with Crippen molar-refractivity contribution in [2.45, 2.75) is 38.5 Å². The summed E-state index contributed by atoms with van der Waals surface area (Å²) >= 11 is 0. The van der Waals surface area contributed by atoms with Gasteiger partial charge in [-0.1, -0.05) is 12.1 Å². The van der Waals surface area contributed by atoms with Crippen LogP contribution in [0.3, 0.4) is 0 Å². The Morgan fingerprint density at radius 1 is 1.39 bits per heavy atom. The van der Waals surface area contributed by atoms with Crippen LogP contribution in [-0.4, -0.2) is 35.7 Å². The van der Waals surface area contributed by atoms with Crippen molar-refractivity contribution in [1.82, 2.24) is 0 Å². The van der Waals surface area contributed by atoms with E-state index in [9.17, 15) is 19.7 Å². The Hall–Kier alpha value is -2.57. The van der Waals surface area contributed by atoms with Gasteiger partial charge in [0.05, 0.1) is 17.6 Å². The van der Waals surface area contributed by atoms with Crippen LogP contribution in [0.1, 0.15) is 32.4 Å². The predicted molar refractivity (Wildman–Crippen MR) is 80.6 cm³/mol. The van der Waals surface area contributed by atoms with Crippen LogP contribution in [0.15, 0.2) is 29.3 Å². The van der Waals surface area contributed by atoms with Crippen LogP contribution in [-0.2, 0) is 19.1 Å². The summed E-state index contributed by atoms with van der Waals surface area (Å²) in [5, 5.41) is 10.9. The Kier molecular flexibility index (Phi) is 6.12. The number of hydrogen-bond donors (Lipinski definition) is 0. The molecule has 0 radical (unpaired) electrons. The van der Waals surface area contributed by atoms with Crippen LogP contribution < -0.4 is 0 Å². The van der Waals surface area contributed by atoms with E-state index in [1.54, 1.807) is 26.8 Å². The summed E-state index contributed by atoms with van der Waals surface area (Å²) < 4.78 is 10.4. The largest absolute Gasteiger partial charge is 0.467 e. The van der Waals surface area contributed by atoms with Gasteiger partial charge in [-0.15, -0.1) is 0 Å². The van der Waals surface area contributed by atoms with Gasteiger partial charge in [0.15, 0.2) is 6.04 Å². The molecule has 23 heavy (non-hydrogen) atoms. The molecule has 0 aromatic heterocycles. The number of carbonyl (C=O) groups is 1. The summed E-state index contributed by atoms with van der Waals surface area (Å²) in [5.74, 6) is -0.797. The molecule has 1 aromatic rings. The molecule has 0 saturated heterocycles. The number of esters is 1. The van der Waals surface area contributed by atoms with Gasteiger partial charge in [0.25, 0.3) is 5.69 Å². The quantitative estimate of drug-likeness (QED) is 0.261. The highest BCUT2D eigenvalue weighted by Crippen LogP contribution is 2.31. The zero-order valence-corrected chi connectivity index (χ0v) is 13.3. The van der Waals surface area contributed by atoms with Crippen LogP contribution >= 0.6 is 0 Å². The molecule has 2 atom stereocenters. The summed E-state index contributed by atoms with van der Waals surface area (Å²) in [5.41, 5.74) is -0.521. The van der Waals surface area contributed by atoms with E-state index < -0.39 is 28.6 Å². The third-order valence-electron chi connectivity index (χ3n) is 2.81. The van der Waals surface area contributed by atoms with Crippen LogP contribution in [0.5, 0.6) is 0 Å². The van der Waals surface area contributed by atoms with Crippen molar-refractivity contribution in [2.24, 2.45) is 4.99 Å². The maximum absolute atomic E-state index is 11.9. The minimum Gasteiger partial charge on any atom is -0.467 e.